The second-order valence-corrected chi connectivity index (χ2v) is 5.33. The smallest absolute Gasteiger partial charge is 0.240 e. The Morgan fingerprint density at radius 2 is 2.37 bits per heavy atom. The molecular formula is C13H22FN3O2. The molecule has 19 heavy (non-hydrogen) atoms. The van der Waals surface area contributed by atoms with Gasteiger partial charge in [0.15, 0.2) is 5.82 Å². The summed E-state index contributed by atoms with van der Waals surface area (Å²) in [6.07, 6.45) is 4.13. The molecule has 5 nitrogen and oxygen atoms in total. The van der Waals surface area contributed by atoms with Crippen molar-refractivity contribution >= 4 is 0 Å². The summed E-state index contributed by atoms with van der Waals surface area (Å²) in [6, 6.07) is 0. The quantitative estimate of drug-likeness (QED) is 0.853. The van der Waals surface area contributed by atoms with Crippen LogP contribution >= 0.6 is 0 Å². The van der Waals surface area contributed by atoms with Crippen LogP contribution in [0.15, 0.2) is 4.52 Å². The van der Waals surface area contributed by atoms with Gasteiger partial charge in [0.05, 0.1) is 13.2 Å². The predicted octanol–water partition coefficient (Wildman–Crippen LogP) is 1.71. The van der Waals surface area contributed by atoms with Crippen LogP contribution in [0.5, 0.6) is 0 Å². The molecule has 1 aliphatic rings. The number of aliphatic hydroxyl groups is 1. The van der Waals surface area contributed by atoms with Gasteiger partial charge in [0.1, 0.15) is 5.67 Å². The van der Waals surface area contributed by atoms with Crippen LogP contribution in [-0.4, -0.2) is 45.5 Å². The Balaban J connectivity index is 1.88. The first-order valence-electron chi connectivity index (χ1n) is 6.99. The van der Waals surface area contributed by atoms with Gasteiger partial charge in [-0.2, -0.15) is 4.98 Å². The minimum Gasteiger partial charge on any atom is -0.393 e. The molecule has 108 valence electrons. The van der Waals surface area contributed by atoms with Gasteiger partial charge < -0.3 is 9.63 Å². The molecule has 0 spiro atoms. The van der Waals surface area contributed by atoms with E-state index < -0.39 is 12.3 Å². The molecule has 1 aromatic heterocycles. The standard InChI is InChI=1S/C13H22FN3O2/c1-2-3-5-11-15-12(19-16-11)8-17-7-4-6-13(14,9-17)10-18/h18H,2-10H2,1H3. The highest BCUT2D eigenvalue weighted by atomic mass is 19.1. The molecule has 0 radical (unpaired) electrons. The molecular weight excluding hydrogens is 249 g/mol. The summed E-state index contributed by atoms with van der Waals surface area (Å²) in [5.41, 5.74) is -1.48. The maximum absolute atomic E-state index is 14.1. The zero-order valence-electron chi connectivity index (χ0n) is 11.4. The number of aromatic nitrogens is 2. The number of likely N-dealkylation sites (tertiary alicyclic amines) is 1. The molecule has 1 aliphatic heterocycles. The third kappa shape index (κ3) is 3.98. The van der Waals surface area contributed by atoms with Gasteiger partial charge in [-0.3, -0.25) is 4.90 Å². The average Bonchev–Trinajstić information content (AvgIpc) is 2.84. The zero-order valence-corrected chi connectivity index (χ0v) is 11.4. The van der Waals surface area contributed by atoms with E-state index in [0.29, 0.717) is 18.9 Å². The van der Waals surface area contributed by atoms with Crippen molar-refractivity contribution in [1.82, 2.24) is 15.0 Å². The van der Waals surface area contributed by atoms with Gasteiger partial charge in [-0.25, -0.2) is 4.39 Å². The lowest BCUT2D eigenvalue weighted by Crippen LogP contribution is -2.47. The summed E-state index contributed by atoms with van der Waals surface area (Å²) < 4.78 is 19.2. The zero-order chi connectivity index (χ0) is 13.7. The topological polar surface area (TPSA) is 62.4 Å². The number of hydrogen-bond acceptors (Lipinski definition) is 5. The number of piperidine rings is 1. The lowest BCUT2D eigenvalue weighted by atomic mass is 9.96. The Hall–Kier alpha value is -1.01. The summed E-state index contributed by atoms with van der Waals surface area (Å²) in [7, 11) is 0. The molecule has 6 heteroatoms. The average molecular weight is 271 g/mol. The van der Waals surface area contributed by atoms with E-state index in [4.69, 9.17) is 9.63 Å². The van der Waals surface area contributed by atoms with E-state index in [1.807, 2.05) is 4.90 Å². The molecule has 0 bridgehead atoms. The number of hydrogen-bond donors (Lipinski definition) is 1. The monoisotopic (exact) mass is 271 g/mol. The fraction of sp³-hybridized carbons (Fsp3) is 0.846. The van der Waals surface area contributed by atoms with Crippen LogP contribution in [0.1, 0.15) is 44.3 Å². The van der Waals surface area contributed by atoms with Crippen LogP contribution in [0.3, 0.4) is 0 Å². The molecule has 1 unspecified atom stereocenters. The van der Waals surface area contributed by atoms with Crippen LogP contribution in [0.25, 0.3) is 0 Å². The van der Waals surface area contributed by atoms with Gasteiger partial charge in [-0.15, -0.1) is 0 Å². The predicted molar refractivity (Wildman–Crippen MR) is 68.3 cm³/mol. The fourth-order valence-electron chi connectivity index (χ4n) is 2.42. The second kappa shape index (κ2) is 6.43. The number of alkyl halides is 1. The third-order valence-corrected chi connectivity index (χ3v) is 3.51. The SMILES string of the molecule is CCCCc1noc(CN2CCCC(F)(CO)C2)n1. The van der Waals surface area contributed by atoms with Crippen molar-refractivity contribution in [3.05, 3.63) is 11.7 Å². The number of halogens is 1. The molecule has 0 amide bonds. The summed E-state index contributed by atoms with van der Waals surface area (Å²) in [5, 5.41) is 13.0. The van der Waals surface area contributed by atoms with Gasteiger partial charge in [0, 0.05) is 13.0 Å². The van der Waals surface area contributed by atoms with Crippen molar-refractivity contribution in [3.63, 3.8) is 0 Å². The van der Waals surface area contributed by atoms with Gasteiger partial charge in [-0.05, 0) is 25.8 Å². The van der Waals surface area contributed by atoms with E-state index in [1.54, 1.807) is 0 Å². The first-order valence-corrected chi connectivity index (χ1v) is 6.99. The molecule has 1 atom stereocenters. The Bertz CT molecular complexity index is 399. The van der Waals surface area contributed by atoms with Crippen LogP contribution in [0.4, 0.5) is 4.39 Å². The number of nitrogens with zero attached hydrogens (tertiary/aromatic N) is 3. The molecule has 2 heterocycles. The molecule has 1 aromatic rings. The Kier molecular flexibility index (Phi) is 4.87. The third-order valence-electron chi connectivity index (χ3n) is 3.51. The van der Waals surface area contributed by atoms with E-state index in [-0.39, 0.29) is 6.54 Å². The van der Waals surface area contributed by atoms with Gasteiger partial charge in [-0.1, -0.05) is 18.5 Å². The van der Waals surface area contributed by atoms with Crippen LogP contribution < -0.4 is 0 Å². The lowest BCUT2D eigenvalue weighted by Gasteiger charge is -2.35. The first-order chi connectivity index (χ1) is 9.15. The maximum atomic E-state index is 14.1. The van der Waals surface area contributed by atoms with Crippen molar-refractivity contribution in [2.24, 2.45) is 0 Å². The molecule has 1 fully saturated rings. The van der Waals surface area contributed by atoms with Gasteiger partial charge >= 0.3 is 0 Å². The fourth-order valence-corrected chi connectivity index (χ4v) is 2.42. The highest BCUT2D eigenvalue weighted by Gasteiger charge is 2.35. The lowest BCUT2D eigenvalue weighted by molar-refractivity contribution is -0.00668. The van der Waals surface area contributed by atoms with E-state index >= 15 is 0 Å². The van der Waals surface area contributed by atoms with Crippen LogP contribution in [0.2, 0.25) is 0 Å². The van der Waals surface area contributed by atoms with Crippen molar-refractivity contribution in [1.29, 1.82) is 0 Å². The van der Waals surface area contributed by atoms with Crippen molar-refractivity contribution in [2.75, 3.05) is 19.7 Å². The molecule has 1 saturated heterocycles. The number of aliphatic hydroxyl groups excluding tert-OH is 1. The second-order valence-electron chi connectivity index (χ2n) is 5.33. The summed E-state index contributed by atoms with van der Waals surface area (Å²) >= 11 is 0. The van der Waals surface area contributed by atoms with Crippen LogP contribution in [0, 0.1) is 0 Å². The van der Waals surface area contributed by atoms with Gasteiger partial charge in [0.2, 0.25) is 5.89 Å². The van der Waals surface area contributed by atoms with Crippen LogP contribution in [-0.2, 0) is 13.0 Å². The highest BCUT2D eigenvalue weighted by molar-refractivity contribution is 4.91. The normalized spacial score (nSPS) is 24.8. The number of unbranched alkanes of at least 4 members (excludes halogenated alkanes) is 1. The minimum absolute atomic E-state index is 0.232. The summed E-state index contributed by atoms with van der Waals surface area (Å²) in [5.74, 6) is 1.26. The molecule has 0 aromatic carbocycles. The molecule has 2 rings (SSSR count). The largest absolute Gasteiger partial charge is 0.393 e. The van der Waals surface area contributed by atoms with Gasteiger partial charge in [0.25, 0.3) is 0 Å². The molecule has 1 N–H and O–H groups in total. The first kappa shape index (κ1) is 14.4. The Morgan fingerprint density at radius 1 is 1.53 bits per heavy atom. The molecule has 0 aliphatic carbocycles. The maximum Gasteiger partial charge on any atom is 0.240 e. The Labute approximate surface area is 112 Å². The van der Waals surface area contributed by atoms with Crippen molar-refractivity contribution in [3.8, 4) is 0 Å². The summed E-state index contributed by atoms with van der Waals surface area (Å²) in [4.78, 5) is 6.24. The Morgan fingerprint density at radius 3 is 3.11 bits per heavy atom. The number of aryl methyl sites for hydroxylation is 1. The number of rotatable bonds is 6. The minimum atomic E-state index is -1.48. The highest BCUT2D eigenvalue weighted by Crippen LogP contribution is 2.25. The molecule has 0 saturated carbocycles. The van der Waals surface area contributed by atoms with Crippen molar-refractivity contribution < 1.29 is 14.0 Å². The van der Waals surface area contributed by atoms with E-state index in [0.717, 1.165) is 38.1 Å². The van der Waals surface area contributed by atoms with E-state index in [1.165, 1.54) is 0 Å². The van der Waals surface area contributed by atoms with E-state index in [9.17, 15) is 4.39 Å². The van der Waals surface area contributed by atoms with E-state index in [2.05, 4.69) is 17.1 Å². The summed E-state index contributed by atoms with van der Waals surface area (Å²) in [6.45, 7) is 3.19. The van der Waals surface area contributed by atoms with Crippen molar-refractivity contribution in [2.45, 2.75) is 51.2 Å².